The topological polar surface area (TPSA) is 88.5 Å². The van der Waals surface area contributed by atoms with E-state index in [1.807, 2.05) is 47.2 Å². The average Bonchev–Trinajstić information content (AvgIpc) is 3.63. The minimum Gasteiger partial charge on any atom is -0.481 e. The number of hydrogen-bond acceptors (Lipinski definition) is 5. The minimum absolute atomic E-state index is 0.0731. The van der Waals surface area contributed by atoms with Crippen molar-refractivity contribution in [1.29, 1.82) is 0 Å². The number of aromatic nitrogens is 1. The number of carboxylic acid groups (broad SMARTS) is 1. The maximum atomic E-state index is 13.4. The van der Waals surface area contributed by atoms with E-state index in [0.29, 0.717) is 11.6 Å². The Labute approximate surface area is 239 Å². The van der Waals surface area contributed by atoms with Gasteiger partial charge in [-0.1, -0.05) is 64.7 Å². The maximum Gasteiger partial charge on any atom is 0.305 e. The van der Waals surface area contributed by atoms with Crippen molar-refractivity contribution in [2.75, 3.05) is 0 Å². The van der Waals surface area contributed by atoms with Crippen LogP contribution in [0.1, 0.15) is 86.2 Å². The molecule has 2 N–H and O–H groups in total. The van der Waals surface area contributed by atoms with E-state index >= 15 is 0 Å². The van der Waals surface area contributed by atoms with E-state index in [1.165, 1.54) is 29.7 Å². The molecule has 7 heteroatoms. The zero-order chi connectivity index (χ0) is 28.3. The molecule has 0 radical (unpaired) electrons. The monoisotopic (exact) mass is 556 g/mol. The van der Waals surface area contributed by atoms with Crippen LogP contribution < -0.4 is 10.1 Å². The molecule has 5 rings (SSSR count). The number of hydrogen-bond donors (Lipinski definition) is 2. The molecule has 1 fully saturated rings. The number of carbonyl (C=O) groups excluding carboxylic acids is 1. The van der Waals surface area contributed by atoms with Gasteiger partial charge in [-0.05, 0) is 81.4 Å². The standard InChI is InChI=1S/C33H36N2O4S/c1-33(2,3)24-9-12-25(13-10-24)39-26-11-8-22-17-30(34-29(27(22)18-26)16-21-6-4-5-7-21)32(38)35-28(19-31(36)37)23-14-15-40-20-23/h8-15,17-18,20-21,28H,4-7,16,19H2,1-3H3,(H,35,38)(H,36,37). The van der Waals surface area contributed by atoms with Crippen LogP contribution in [0.3, 0.4) is 0 Å². The second-order valence-electron chi connectivity index (χ2n) is 11.7. The first kappa shape index (κ1) is 27.8. The van der Waals surface area contributed by atoms with Crippen LogP contribution in [0.2, 0.25) is 0 Å². The van der Waals surface area contributed by atoms with E-state index in [2.05, 4.69) is 38.2 Å². The molecule has 1 aliphatic carbocycles. The number of pyridine rings is 1. The number of carbonyl (C=O) groups is 2. The van der Waals surface area contributed by atoms with Gasteiger partial charge in [0.25, 0.3) is 5.91 Å². The van der Waals surface area contributed by atoms with Gasteiger partial charge >= 0.3 is 5.97 Å². The number of fused-ring (bicyclic) bond motifs is 1. The van der Waals surface area contributed by atoms with Crippen LogP contribution in [0, 0.1) is 5.92 Å². The number of amides is 1. The van der Waals surface area contributed by atoms with Gasteiger partial charge < -0.3 is 15.2 Å². The molecular weight excluding hydrogens is 520 g/mol. The number of aliphatic carboxylic acids is 1. The first-order valence-electron chi connectivity index (χ1n) is 13.9. The first-order valence-corrected chi connectivity index (χ1v) is 14.9. The van der Waals surface area contributed by atoms with E-state index in [4.69, 9.17) is 9.72 Å². The van der Waals surface area contributed by atoms with E-state index in [0.717, 1.165) is 52.8 Å². The summed E-state index contributed by atoms with van der Waals surface area (Å²) < 4.78 is 6.23. The Hall–Kier alpha value is -3.71. The summed E-state index contributed by atoms with van der Waals surface area (Å²) in [6.07, 6.45) is 5.37. The Kier molecular flexibility index (Phi) is 8.22. The fourth-order valence-corrected chi connectivity index (χ4v) is 6.13. The molecule has 208 valence electrons. The van der Waals surface area contributed by atoms with Crippen LogP contribution in [0.5, 0.6) is 11.5 Å². The van der Waals surface area contributed by atoms with Gasteiger partial charge in [0.05, 0.1) is 12.5 Å². The number of nitrogens with one attached hydrogen (secondary N) is 1. The Morgan fingerprint density at radius 2 is 1.77 bits per heavy atom. The molecule has 6 nitrogen and oxygen atoms in total. The molecule has 0 saturated heterocycles. The normalized spacial score (nSPS) is 14.8. The molecular formula is C33H36N2O4S. The fourth-order valence-electron chi connectivity index (χ4n) is 5.41. The SMILES string of the molecule is CC(C)(C)c1ccc(Oc2ccc3cc(C(=O)NC(CC(=O)O)c4ccsc4)nc(CC4CCCC4)c3c2)cc1. The summed E-state index contributed by atoms with van der Waals surface area (Å²) in [4.78, 5) is 29.7. The maximum absolute atomic E-state index is 13.4. The lowest BCUT2D eigenvalue weighted by atomic mass is 9.87. The summed E-state index contributed by atoms with van der Waals surface area (Å²) in [5.74, 6) is 0.694. The zero-order valence-corrected chi connectivity index (χ0v) is 24.1. The Morgan fingerprint density at radius 1 is 1.05 bits per heavy atom. The number of thiophene rings is 1. The van der Waals surface area contributed by atoms with Crippen LogP contribution in [-0.2, 0) is 16.6 Å². The summed E-state index contributed by atoms with van der Waals surface area (Å²) in [5.41, 5.74) is 3.29. The number of carboxylic acids is 1. The molecule has 1 atom stereocenters. The number of benzene rings is 2. The molecule has 2 aromatic heterocycles. The van der Waals surface area contributed by atoms with Crippen molar-refractivity contribution >= 4 is 34.0 Å². The summed E-state index contributed by atoms with van der Waals surface area (Å²) in [5, 5.41) is 18.0. The van der Waals surface area contributed by atoms with Crippen molar-refractivity contribution < 1.29 is 19.4 Å². The Morgan fingerprint density at radius 3 is 2.42 bits per heavy atom. The summed E-state index contributed by atoms with van der Waals surface area (Å²) in [7, 11) is 0. The van der Waals surface area contributed by atoms with Crippen molar-refractivity contribution in [1.82, 2.24) is 10.3 Å². The smallest absolute Gasteiger partial charge is 0.305 e. The van der Waals surface area contributed by atoms with Crippen LogP contribution >= 0.6 is 11.3 Å². The third-order valence-electron chi connectivity index (χ3n) is 7.66. The van der Waals surface area contributed by atoms with Crippen molar-refractivity contribution in [3.05, 3.63) is 87.9 Å². The Bertz CT molecular complexity index is 1480. The molecule has 2 heterocycles. The van der Waals surface area contributed by atoms with Crippen LogP contribution in [0.15, 0.2) is 65.4 Å². The van der Waals surface area contributed by atoms with Gasteiger partial charge in [-0.3, -0.25) is 9.59 Å². The summed E-state index contributed by atoms with van der Waals surface area (Å²) in [6.45, 7) is 6.57. The van der Waals surface area contributed by atoms with Gasteiger partial charge in [-0.2, -0.15) is 11.3 Å². The molecule has 0 aliphatic heterocycles. The summed E-state index contributed by atoms with van der Waals surface area (Å²) >= 11 is 1.47. The van der Waals surface area contributed by atoms with Gasteiger partial charge in [-0.15, -0.1) is 0 Å². The predicted molar refractivity (Wildman–Crippen MR) is 159 cm³/mol. The minimum atomic E-state index is -0.967. The van der Waals surface area contributed by atoms with Crippen molar-refractivity contribution in [2.45, 2.75) is 70.8 Å². The predicted octanol–water partition coefficient (Wildman–Crippen LogP) is 8.06. The fraction of sp³-hybridized carbons (Fsp3) is 0.364. The lowest BCUT2D eigenvalue weighted by Crippen LogP contribution is -2.30. The molecule has 0 bridgehead atoms. The molecule has 0 spiro atoms. The number of nitrogens with zero attached hydrogens (tertiary/aromatic N) is 1. The number of rotatable bonds is 9. The highest BCUT2D eigenvalue weighted by Gasteiger charge is 2.23. The second kappa shape index (κ2) is 11.8. The highest BCUT2D eigenvalue weighted by molar-refractivity contribution is 7.08. The van der Waals surface area contributed by atoms with E-state index in [-0.39, 0.29) is 17.7 Å². The van der Waals surface area contributed by atoms with E-state index in [1.54, 1.807) is 6.07 Å². The van der Waals surface area contributed by atoms with Gasteiger partial charge in [0.2, 0.25) is 0 Å². The largest absolute Gasteiger partial charge is 0.481 e. The van der Waals surface area contributed by atoms with Gasteiger partial charge in [0, 0.05) is 11.1 Å². The molecule has 1 unspecified atom stereocenters. The van der Waals surface area contributed by atoms with Crippen LogP contribution in [-0.4, -0.2) is 22.0 Å². The van der Waals surface area contributed by atoms with Gasteiger partial charge in [0.15, 0.2) is 0 Å². The lowest BCUT2D eigenvalue weighted by Gasteiger charge is -2.19. The third-order valence-corrected chi connectivity index (χ3v) is 8.36. The average molecular weight is 557 g/mol. The molecule has 1 aliphatic rings. The molecule has 4 aromatic rings. The lowest BCUT2D eigenvalue weighted by molar-refractivity contribution is -0.137. The van der Waals surface area contributed by atoms with Gasteiger partial charge in [0.1, 0.15) is 17.2 Å². The number of ether oxygens (including phenoxy) is 1. The molecule has 40 heavy (non-hydrogen) atoms. The van der Waals surface area contributed by atoms with E-state index < -0.39 is 12.0 Å². The zero-order valence-electron chi connectivity index (χ0n) is 23.3. The Balaban J connectivity index is 1.44. The van der Waals surface area contributed by atoms with Crippen molar-refractivity contribution in [3.8, 4) is 11.5 Å². The van der Waals surface area contributed by atoms with E-state index in [9.17, 15) is 14.7 Å². The highest BCUT2D eigenvalue weighted by atomic mass is 32.1. The highest BCUT2D eigenvalue weighted by Crippen LogP contribution is 2.33. The molecule has 2 aromatic carbocycles. The van der Waals surface area contributed by atoms with Crippen LogP contribution in [0.25, 0.3) is 10.8 Å². The first-order chi connectivity index (χ1) is 19.2. The third kappa shape index (κ3) is 6.70. The summed E-state index contributed by atoms with van der Waals surface area (Å²) in [6, 6.07) is 17.1. The van der Waals surface area contributed by atoms with Crippen molar-refractivity contribution in [2.24, 2.45) is 5.92 Å². The van der Waals surface area contributed by atoms with Crippen molar-refractivity contribution in [3.63, 3.8) is 0 Å². The quantitative estimate of drug-likeness (QED) is 0.218. The molecule has 1 amide bonds. The second-order valence-corrected chi connectivity index (χ2v) is 12.5. The molecule has 1 saturated carbocycles. The van der Waals surface area contributed by atoms with Gasteiger partial charge in [-0.25, -0.2) is 4.98 Å². The van der Waals surface area contributed by atoms with Crippen LogP contribution in [0.4, 0.5) is 0 Å².